The first-order chi connectivity index (χ1) is 8.79. The molecule has 0 aromatic heterocycles. The van der Waals surface area contributed by atoms with Gasteiger partial charge in [0.05, 0.1) is 6.61 Å². The van der Waals surface area contributed by atoms with Crippen molar-refractivity contribution in [2.45, 2.75) is 24.9 Å². The highest BCUT2D eigenvalue weighted by molar-refractivity contribution is 5.89. The lowest BCUT2D eigenvalue weighted by Crippen LogP contribution is -2.40. The number of Topliss-reactive ketones (excluding diaryl/α,β-unsaturated/α-hetero) is 1. The number of carbonyl (C=O) groups is 1. The van der Waals surface area contributed by atoms with Gasteiger partial charge in [0.2, 0.25) is 0 Å². The second-order valence-corrected chi connectivity index (χ2v) is 4.43. The number of hydrogen-bond acceptors (Lipinski definition) is 2. The molecular weight excluding hydrogens is 224 g/mol. The first kappa shape index (κ1) is 12.8. The predicted molar refractivity (Wildman–Crippen MR) is 72.3 cm³/mol. The molecule has 2 rings (SSSR count). The van der Waals surface area contributed by atoms with Crippen molar-refractivity contribution in [2.75, 3.05) is 6.61 Å². The van der Waals surface area contributed by atoms with Crippen molar-refractivity contribution < 1.29 is 9.53 Å². The molecule has 94 valence electrons. The van der Waals surface area contributed by atoms with Gasteiger partial charge < -0.3 is 4.74 Å². The minimum absolute atomic E-state index is 0.137. The van der Waals surface area contributed by atoms with Gasteiger partial charge >= 0.3 is 0 Å². The number of ether oxygens (including phenoxy) is 1. The van der Waals surface area contributed by atoms with Gasteiger partial charge in [-0.15, -0.1) is 6.58 Å². The van der Waals surface area contributed by atoms with Crippen molar-refractivity contribution in [3.8, 4) is 0 Å². The maximum absolute atomic E-state index is 12.5. The average molecular weight is 242 g/mol. The summed E-state index contributed by atoms with van der Waals surface area (Å²) in [6.45, 7) is 4.16. The second-order valence-electron chi connectivity index (χ2n) is 4.43. The Labute approximate surface area is 108 Å². The van der Waals surface area contributed by atoms with Crippen LogP contribution in [0.15, 0.2) is 55.1 Å². The van der Waals surface area contributed by atoms with E-state index < -0.39 is 5.60 Å². The summed E-state index contributed by atoms with van der Waals surface area (Å²) in [6.07, 6.45) is 7.55. The lowest BCUT2D eigenvalue weighted by Gasteiger charge is -2.34. The van der Waals surface area contributed by atoms with Crippen LogP contribution in [0.1, 0.15) is 24.8 Å². The SMILES string of the molecule is C=CCCC(=O)[C@@]1(c2ccccc2)CC=CCO1. The van der Waals surface area contributed by atoms with Gasteiger partial charge in [0.1, 0.15) is 0 Å². The van der Waals surface area contributed by atoms with Gasteiger partial charge in [-0.25, -0.2) is 0 Å². The molecule has 18 heavy (non-hydrogen) atoms. The van der Waals surface area contributed by atoms with Crippen molar-refractivity contribution in [1.29, 1.82) is 0 Å². The van der Waals surface area contributed by atoms with Crippen molar-refractivity contribution in [3.05, 3.63) is 60.7 Å². The van der Waals surface area contributed by atoms with E-state index in [9.17, 15) is 4.79 Å². The monoisotopic (exact) mass is 242 g/mol. The number of rotatable bonds is 5. The van der Waals surface area contributed by atoms with E-state index in [1.807, 2.05) is 42.5 Å². The number of allylic oxidation sites excluding steroid dienone is 1. The molecule has 1 aliphatic rings. The van der Waals surface area contributed by atoms with Gasteiger partial charge in [0.25, 0.3) is 0 Å². The molecule has 0 bridgehead atoms. The smallest absolute Gasteiger partial charge is 0.169 e. The van der Waals surface area contributed by atoms with E-state index in [0.717, 1.165) is 5.56 Å². The van der Waals surface area contributed by atoms with Crippen LogP contribution in [-0.2, 0) is 15.1 Å². The Hall–Kier alpha value is -1.67. The molecule has 0 saturated heterocycles. The van der Waals surface area contributed by atoms with E-state index in [1.54, 1.807) is 6.08 Å². The normalized spacial score (nSPS) is 22.7. The maximum atomic E-state index is 12.5. The fraction of sp³-hybridized carbons (Fsp3) is 0.312. The zero-order valence-corrected chi connectivity index (χ0v) is 10.5. The first-order valence-corrected chi connectivity index (χ1v) is 6.28. The van der Waals surface area contributed by atoms with Gasteiger partial charge in [-0.2, -0.15) is 0 Å². The molecule has 0 spiro atoms. The maximum Gasteiger partial charge on any atom is 0.169 e. The Kier molecular flexibility index (Phi) is 4.11. The van der Waals surface area contributed by atoms with E-state index in [4.69, 9.17) is 4.74 Å². The molecule has 0 unspecified atom stereocenters. The summed E-state index contributed by atoms with van der Waals surface area (Å²) in [6, 6.07) is 9.76. The third-order valence-electron chi connectivity index (χ3n) is 3.26. The summed E-state index contributed by atoms with van der Waals surface area (Å²) in [5.41, 5.74) is 0.155. The van der Waals surface area contributed by atoms with Crippen LogP contribution in [0.4, 0.5) is 0 Å². The minimum atomic E-state index is -0.793. The Morgan fingerprint density at radius 1 is 1.33 bits per heavy atom. The van der Waals surface area contributed by atoms with Gasteiger partial charge in [0.15, 0.2) is 11.4 Å². The lowest BCUT2D eigenvalue weighted by atomic mass is 9.83. The molecule has 2 heteroatoms. The van der Waals surface area contributed by atoms with Crippen molar-refractivity contribution in [3.63, 3.8) is 0 Å². The number of ketones is 1. The first-order valence-electron chi connectivity index (χ1n) is 6.28. The average Bonchev–Trinajstić information content (AvgIpc) is 2.46. The van der Waals surface area contributed by atoms with Crippen LogP contribution in [-0.4, -0.2) is 12.4 Å². The summed E-state index contributed by atoms with van der Waals surface area (Å²) < 4.78 is 5.84. The molecule has 1 aromatic rings. The summed E-state index contributed by atoms with van der Waals surface area (Å²) in [7, 11) is 0. The quantitative estimate of drug-likeness (QED) is 0.740. The Bertz CT molecular complexity index is 447. The highest BCUT2D eigenvalue weighted by Crippen LogP contribution is 2.34. The second kappa shape index (κ2) is 5.78. The van der Waals surface area contributed by atoms with E-state index in [0.29, 0.717) is 25.9 Å². The summed E-state index contributed by atoms with van der Waals surface area (Å²) in [5.74, 6) is 0.137. The van der Waals surface area contributed by atoms with Crippen LogP contribution in [0.5, 0.6) is 0 Å². The summed E-state index contributed by atoms with van der Waals surface area (Å²) in [5, 5.41) is 0. The lowest BCUT2D eigenvalue weighted by molar-refractivity contribution is -0.145. The predicted octanol–water partition coefficient (Wildman–Crippen LogP) is 3.39. The molecular formula is C16H18O2. The molecule has 0 radical (unpaired) electrons. The molecule has 0 amide bonds. The molecule has 1 aromatic carbocycles. The topological polar surface area (TPSA) is 26.3 Å². The molecule has 1 heterocycles. The fourth-order valence-electron chi connectivity index (χ4n) is 2.27. The molecule has 0 N–H and O–H groups in total. The Morgan fingerprint density at radius 3 is 2.72 bits per heavy atom. The zero-order valence-electron chi connectivity index (χ0n) is 10.5. The van der Waals surface area contributed by atoms with Gasteiger partial charge in [-0.3, -0.25) is 4.79 Å². The number of benzene rings is 1. The van der Waals surface area contributed by atoms with E-state index in [1.165, 1.54) is 0 Å². The Balaban J connectivity index is 2.32. The molecule has 1 atom stereocenters. The van der Waals surface area contributed by atoms with Crippen LogP contribution in [0, 0.1) is 0 Å². The zero-order chi connectivity index (χ0) is 12.8. The number of carbonyl (C=O) groups excluding carboxylic acids is 1. The standard InChI is InChI=1S/C16H18O2/c1-2-3-11-15(17)16(12-7-8-13-18-16)14-9-5-4-6-10-14/h2,4-10H,1,3,11-13H2/t16-/m0/s1. The van der Waals surface area contributed by atoms with E-state index >= 15 is 0 Å². The van der Waals surface area contributed by atoms with Crippen molar-refractivity contribution in [2.24, 2.45) is 0 Å². The number of hydrogen-bond donors (Lipinski definition) is 0. The minimum Gasteiger partial charge on any atom is -0.358 e. The largest absolute Gasteiger partial charge is 0.358 e. The van der Waals surface area contributed by atoms with Crippen molar-refractivity contribution in [1.82, 2.24) is 0 Å². The Morgan fingerprint density at radius 2 is 2.11 bits per heavy atom. The van der Waals surface area contributed by atoms with Crippen molar-refractivity contribution >= 4 is 5.78 Å². The van der Waals surface area contributed by atoms with Crippen LogP contribution in [0.25, 0.3) is 0 Å². The van der Waals surface area contributed by atoms with Crippen LogP contribution in [0.3, 0.4) is 0 Å². The van der Waals surface area contributed by atoms with Gasteiger partial charge in [0, 0.05) is 12.8 Å². The highest BCUT2D eigenvalue weighted by Gasteiger charge is 2.40. The molecule has 0 fully saturated rings. The van der Waals surface area contributed by atoms with Gasteiger partial charge in [-0.05, 0) is 12.0 Å². The molecule has 0 aliphatic carbocycles. The van der Waals surface area contributed by atoms with Crippen LogP contribution in [0.2, 0.25) is 0 Å². The van der Waals surface area contributed by atoms with E-state index in [-0.39, 0.29) is 5.78 Å². The van der Waals surface area contributed by atoms with Crippen LogP contribution >= 0.6 is 0 Å². The summed E-state index contributed by atoms with van der Waals surface area (Å²) >= 11 is 0. The van der Waals surface area contributed by atoms with Crippen LogP contribution < -0.4 is 0 Å². The molecule has 2 nitrogen and oxygen atoms in total. The molecule has 1 aliphatic heterocycles. The third-order valence-corrected chi connectivity index (χ3v) is 3.26. The highest BCUT2D eigenvalue weighted by atomic mass is 16.5. The third kappa shape index (κ3) is 2.44. The fourth-order valence-corrected chi connectivity index (χ4v) is 2.27. The summed E-state index contributed by atoms with van der Waals surface area (Å²) in [4.78, 5) is 12.5. The van der Waals surface area contributed by atoms with E-state index in [2.05, 4.69) is 6.58 Å². The van der Waals surface area contributed by atoms with Gasteiger partial charge in [-0.1, -0.05) is 48.6 Å². The molecule has 0 saturated carbocycles.